The lowest BCUT2D eigenvalue weighted by molar-refractivity contribution is -0.145. The van der Waals surface area contributed by atoms with Gasteiger partial charge in [-0.25, -0.2) is 0 Å². The number of ether oxygens (including phenoxy) is 1. The molecule has 1 aromatic heterocycles. The Hall–Kier alpha value is -1.81. The van der Waals surface area contributed by atoms with Gasteiger partial charge < -0.3 is 9.26 Å². The van der Waals surface area contributed by atoms with Crippen molar-refractivity contribution in [3.63, 3.8) is 0 Å². The van der Waals surface area contributed by atoms with E-state index in [1.807, 2.05) is 37.3 Å². The second-order valence-corrected chi connectivity index (χ2v) is 6.77. The van der Waals surface area contributed by atoms with Gasteiger partial charge in [-0.3, -0.25) is 4.79 Å². The van der Waals surface area contributed by atoms with Gasteiger partial charge in [-0.1, -0.05) is 30.6 Å². The summed E-state index contributed by atoms with van der Waals surface area (Å²) in [6.45, 7) is 6.36. The van der Waals surface area contributed by atoms with E-state index < -0.39 is 0 Å². The Kier molecular flexibility index (Phi) is 5.83. The molecule has 0 saturated heterocycles. The van der Waals surface area contributed by atoms with Crippen LogP contribution in [-0.2, 0) is 16.0 Å². The third-order valence-electron chi connectivity index (χ3n) is 3.67. The summed E-state index contributed by atoms with van der Waals surface area (Å²) in [6, 6.07) is 9.38. The van der Waals surface area contributed by atoms with Crippen LogP contribution in [0.1, 0.15) is 39.3 Å². The van der Waals surface area contributed by atoms with Crippen LogP contribution in [0.15, 0.2) is 34.9 Å². The van der Waals surface area contributed by atoms with E-state index in [1.54, 1.807) is 0 Å². The molecule has 0 aliphatic carbocycles. The van der Waals surface area contributed by atoms with Crippen molar-refractivity contribution in [1.82, 2.24) is 5.16 Å². The molecule has 2 aromatic rings. The van der Waals surface area contributed by atoms with E-state index >= 15 is 0 Å². The van der Waals surface area contributed by atoms with Gasteiger partial charge in [0, 0.05) is 16.7 Å². The SMILES string of the molecule is CCOC(=O)CC(C)(C)CCc1cc(-c2ccc(Cl)cc2)on1. The topological polar surface area (TPSA) is 52.3 Å². The largest absolute Gasteiger partial charge is 0.466 e. The number of halogens is 1. The molecule has 0 radical (unpaired) electrons. The van der Waals surface area contributed by atoms with Crippen molar-refractivity contribution in [2.45, 2.75) is 40.0 Å². The molecule has 0 N–H and O–H groups in total. The van der Waals surface area contributed by atoms with E-state index in [1.165, 1.54) is 0 Å². The minimum atomic E-state index is -0.153. The Morgan fingerprint density at radius 1 is 1.30 bits per heavy atom. The lowest BCUT2D eigenvalue weighted by Crippen LogP contribution is -2.19. The van der Waals surface area contributed by atoms with E-state index in [4.69, 9.17) is 20.9 Å². The Morgan fingerprint density at radius 2 is 2.00 bits per heavy atom. The van der Waals surface area contributed by atoms with Crippen molar-refractivity contribution in [1.29, 1.82) is 0 Å². The number of hydrogen-bond donors (Lipinski definition) is 0. The van der Waals surface area contributed by atoms with Gasteiger partial charge in [0.05, 0.1) is 18.7 Å². The van der Waals surface area contributed by atoms with Crippen LogP contribution in [0.3, 0.4) is 0 Å². The summed E-state index contributed by atoms with van der Waals surface area (Å²) in [5.74, 6) is 0.569. The normalized spacial score (nSPS) is 11.5. The van der Waals surface area contributed by atoms with E-state index in [0.717, 1.165) is 29.9 Å². The number of esters is 1. The number of aromatic nitrogens is 1. The average Bonchev–Trinajstić information content (AvgIpc) is 2.95. The number of carbonyl (C=O) groups is 1. The van der Waals surface area contributed by atoms with Crippen LogP contribution >= 0.6 is 11.6 Å². The number of nitrogens with zero attached hydrogens (tertiary/aromatic N) is 1. The molecule has 1 heterocycles. The predicted octanol–water partition coefficient (Wildman–Crippen LogP) is 4.91. The van der Waals surface area contributed by atoms with E-state index in [2.05, 4.69) is 19.0 Å². The molecule has 2 rings (SSSR count). The van der Waals surface area contributed by atoms with Crippen molar-refractivity contribution in [3.8, 4) is 11.3 Å². The highest BCUT2D eigenvalue weighted by atomic mass is 35.5. The number of carbonyl (C=O) groups excluding carboxylic acids is 1. The smallest absolute Gasteiger partial charge is 0.306 e. The van der Waals surface area contributed by atoms with E-state index in [9.17, 15) is 4.79 Å². The molecular formula is C18H22ClNO3. The first-order valence-corrected chi connectivity index (χ1v) is 8.14. The Labute approximate surface area is 141 Å². The maximum Gasteiger partial charge on any atom is 0.306 e. The summed E-state index contributed by atoms with van der Waals surface area (Å²) in [5.41, 5.74) is 1.69. The second-order valence-electron chi connectivity index (χ2n) is 6.34. The summed E-state index contributed by atoms with van der Waals surface area (Å²) in [5, 5.41) is 4.80. The Bertz CT molecular complexity index is 647. The van der Waals surface area contributed by atoms with Gasteiger partial charge in [0.25, 0.3) is 0 Å². The lowest BCUT2D eigenvalue weighted by atomic mass is 9.84. The number of rotatable bonds is 7. The monoisotopic (exact) mass is 335 g/mol. The van der Waals surface area contributed by atoms with Gasteiger partial charge in [0.15, 0.2) is 5.76 Å². The molecular weight excluding hydrogens is 314 g/mol. The molecule has 23 heavy (non-hydrogen) atoms. The van der Waals surface area contributed by atoms with Gasteiger partial charge in [0.2, 0.25) is 0 Å². The number of hydrogen-bond acceptors (Lipinski definition) is 4. The maximum atomic E-state index is 11.6. The zero-order valence-electron chi connectivity index (χ0n) is 13.8. The maximum absolute atomic E-state index is 11.6. The van der Waals surface area contributed by atoms with E-state index in [0.29, 0.717) is 18.1 Å². The van der Waals surface area contributed by atoms with Crippen molar-refractivity contribution >= 4 is 17.6 Å². The van der Waals surface area contributed by atoms with Gasteiger partial charge in [0.1, 0.15) is 0 Å². The molecule has 0 bridgehead atoms. The lowest BCUT2D eigenvalue weighted by Gasteiger charge is -2.22. The van der Waals surface area contributed by atoms with Crippen LogP contribution in [-0.4, -0.2) is 17.7 Å². The molecule has 0 fully saturated rings. The highest BCUT2D eigenvalue weighted by Crippen LogP contribution is 2.29. The summed E-state index contributed by atoms with van der Waals surface area (Å²) < 4.78 is 10.4. The van der Waals surface area contributed by atoms with Crippen LogP contribution in [0.4, 0.5) is 0 Å². The summed E-state index contributed by atoms with van der Waals surface area (Å²) in [4.78, 5) is 11.6. The zero-order chi connectivity index (χ0) is 16.9. The van der Waals surface area contributed by atoms with Crippen LogP contribution in [0.25, 0.3) is 11.3 Å². The van der Waals surface area contributed by atoms with Gasteiger partial charge in [-0.15, -0.1) is 0 Å². The van der Waals surface area contributed by atoms with Crippen LogP contribution in [0.5, 0.6) is 0 Å². The zero-order valence-corrected chi connectivity index (χ0v) is 14.5. The van der Waals surface area contributed by atoms with Crippen molar-refractivity contribution < 1.29 is 14.1 Å². The fraction of sp³-hybridized carbons (Fsp3) is 0.444. The number of aryl methyl sites for hydroxylation is 1. The molecule has 0 aliphatic rings. The Balaban J connectivity index is 1.94. The molecule has 0 spiro atoms. The third kappa shape index (κ3) is 5.39. The molecule has 0 saturated carbocycles. The average molecular weight is 336 g/mol. The first-order valence-electron chi connectivity index (χ1n) is 7.77. The fourth-order valence-electron chi connectivity index (χ4n) is 2.34. The summed E-state index contributed by atoms with van der Waals surface area (Å²) in [7, 11) is 0. The quantitative estimate of drug-likeness (QED) is 0.675. The van der Waals surface area contributed by atoms with Crippen LogP contribution < -0.4 is 0 Å². The van der Waals surface area contributed by atoms with E-state index in [-0.39, 0.29) is 11.4 Å². The second kappa shape index (κ2) is 7.64. The summed E-state index contributed by atoms with van der Waals surface area (Å²) in [6.07, 6.45) is 1.99. The first kappa shape index (κ1) is 17.5. The van der Waals surface area contributed by atoms with Crippen LogP contribution in [0.2, 0.25) is 5.02 Å². The molecule has 0 unspecified atom stereocenters. The third-order valence-corrected chi connectivity index (χ3v) is 3.93. The summed E-state index contributed by atoms with van der Waals surface area (Å²) >= 11 is 5.88. The molecule has 0 atom stereocenters. The number of benzene rings is 1. The van der Waals surface area contributed by atoms with Crippen LogP contribution in [0, 0.1) is 5.41 Å². The molecule has 5 heteroatoms. The van der Waals surface area contributed by atoms with Crippen molar-refractivity contribution in [3.05, 3.63) is 41.0 Å². The van der Waals surface area contributed by atoms with Gasteiger partial charge in [-0.2, -0.15) is 0 Å². The predicted molar refractivity (Wildman–Crippen MR) is 90.3 cm³/mol. The molecule has 4 nitrogen and oxygen atoms in total. The molecule has 0 aliphatic heterocycles. The Morgan fingerprint density at radius 3 is 2.65 bits per heavy atom. The fourth-order valence-corrected chi connectivity index (χ4v) is 2.46. The van der Waals surface area contributed by atoms with Crippen molar-refractivity contribution in [2.24, 2.45) is 5.41 Å². The molecule has 124 valence electrons. The first-order chi connectivity index (χ1) is 10.9. The molecule has 0 amide bonds. The van der Waals surface area contributed by atoms with Gasteiger partial charge >= 0.3 is 5.97 Å². The minimum absolute atomic E-state index is 0.133. The highest BCUT2D eigenvalue weighted by Gasteiger charge is 2.23. The highest BCUT2D eigenvalue weighted by molar-refractivity contribution is 6.30. The van der Waals surface area contributed by atoms with Gasteiger partial charge in [-0.05, 0) is 49.4 Å². The minimum Gasteiger partial charge on any atom is -0.466 e. The van der Waals surface area contributed by atoms with Crippen molar-refractivity contribution in [2.75, 3.05) is 6.61 Å². The molecule has 1 aromatic carbocycles. The standard InChI is InChI=1S/C18H22ClNO3/c1-4-22-17(21)12-18(2,3)10-9-15-11-16(23-20-15)13-5-7-14(19)8-6-13/h5-8,11H,4,9-10,12H2,1-3H3.